The van der Waals surface area contributed by atoms with Crippen molar-refractivity contribution in [2.24, 2.45) is 0 Å². The maximum atomic E-state index is 13.5. The fraction of sp³-hybridized carbons (Fsp3) is 0.136. The van der Waals surface area contributed by atoms with Crippen molar-refractivity contribution in [1.29, 1.82) is 0 Å². The fourth-order valence-corrected chi connectivity index (χ4v) is 4.13. The van der Waals surface area contributed by atoms with Crippen LogP contribution >= 0.6 is 15.9 Å². The molecule has 1 heterocycles. The monoisotopic (exact) mass is 472 g/mol. The van der Waals surface area contributed by atoms with E-state index in [0.717, 1.165) is 32.6 Å². The van der Waals surface area contributed by atoms with Gasteiger partial charge in [0, 0.05) is 28.3 Å². The summed E-state index contributed by atoms with van der Waals surface area (Å²) in [6.07, 6.45) is 5.32. The number of nitrogens with one attached hydrogen (secondary N) is 1. The molecule has 0 fully saturated rings. The largest absolute Gasteiger partial charge is 0.337 e. The second-order valence-corrected chi connectivity index (χ2v) is 9.85. The molecule has 1 aromatic heterocycles. The molecule has 29 heavy (non-hydrogen) atoms. The molecule has 2 aromatic carbocycles. The lowest BCUT2D eigenvalue weighted by molar-refractivity contribution is 0.590. The van der Waals surface area contributed by atoms with Gasteiger partial charge in [-0.3, -0.25) is 0 Å². The van der Waals surface area contributed by atoms with E-state index in [1.807, 2.05) is 24.3 Å². The molecule has 148 valence electrons. The van der Waals surface area contributed by atoms with Crippen LogP contribution in [0.15, 0.2) is 75.9 Å². The Kier molecular flexibility index (Phi) is 5.27. The Labute approximate surface area is 177 Å². The minimum Gasteiger partial charge on any atom is -0.337 e. The Morgan fingerprint density at radius 2 is 1.62 bits per heavy atom. The summed E-state index contributed by atoms with van der Waals surface area (Å²) in [4.78, 5) is 8.43. The maximum absolute atomic E-state index is 13.5. The van der Waals surface area contributed by atoms with Crippen LogP contribution in [0.25, 0.3) is 28.2 Å². The predicted molar refractivity (Wildman–Crippen MR) is 117 cm³/mol. The Balaban J connectivity index is 1.84. The first-order valence-electron chi connectivity index (χ1n) is 9.03. The number of imidazole rings is 1. The number of benzene rings is 2. The summed E-state index contributed by atoms with van der Waals surface area (Å²) in [5, 5.41) is 0. The summed E-state index contributed by atoms with van der Waals surface area (Å²) in [5.74, 6) is 0.557. The number of halogens is 2. The molecule has 0 saturated heterocycles. The molecule has 0 radical (unpaired) electrons. The Hall–Kier alpha value is -2.51. The van der Waals surface area contributed by atoms with E-state index in [-0.39, 0.29) is 10.7 Å². The third-order valence-electron chi connectivity index (χ3n) is 4.80. The van der Waals surface area contributed by atoms with Gasteiger partial charge in [0.15, 0.2) is 9.84 Å². The quantitative estimate of drug-likeness (QED) is 0.510. The van der Waals surface area contributed by atoms with Gasteiger partial charge in [0.05, 0.1) is 16.3 Å². The van der Waals surface area contributed by atoms with Gasteiger partial charge >= 0.3 is 0 Å². The highest BCUT2D eigenvalue weighted by Crippen LogP contribution is 2.35. The number of aromatic amines is 1. The van der Waals surface area contributed by atoms with Crippen LogP contribution in [0.5, 0.6) is 0 Å². The second-order valence-electron chi connectivity index (χ2n) is 6.92. The molecule has 0 bridgehead atoms. The zero-order valence-electron chi connectivity index (χ0n) is 15.6. The molecule has 0 unspecified atom stereocenters. The van der Waals surface area contributed by atoms with Gasteiger partial charge in [-0.05, 0) is 42.3 Å². The first kappa shape index (κ1) is 19.8. The van der Waals surface area contributed by atoms with E-state index in [1.54, 1.807) is 30.3 Å². The van der Waals surface area contributed by atoms with Crippen molar-refractivity contribution in [3.8, 4) is 22.6 Å². The topological polar surface area (TPSA) is 62.8 Å². The maximum Gasteiger partial charge on any atom is 0.175 e. The number of nitrogens with zero attached hydrogens (tertiary/aromatic N) is 1. The second kappa shape index (κ2) is 7.72. The molecule has 0 atom stereocenters. The van der Waals surface area contributed by atoms with Crippen LogP contribution < -0.4 is 0 Å². The SMILES string of the molecule is CS(=O)(=O)c1ccc(-c2[nH]c(-c3ccc(Br)cc3)nc2C2=CC=C(F)CC2)cc1. The van der Waals surface area contributed by atoms with Gasteiger partial charge in [-0.15, -0.1) is 0 Å². The Morgan fingerprint density at radius 1 is 0.966 bits per heavy atom. The standard InChI is InChI=1S/C22H18BrFN2O2S/c1-29(27,28)19-12-6-15(7-13-19)21-20(14-4-10-18(24)11-5-14)25-22(26-21)16-2-8-17(23)9-3-16/h2-4,6-10,12-13H,5,11H2,1H3,(H,25,26). The molecule has 3 aromatic rings. The van der Waals surface area contributed by atoms with Crippen LogP contribution in [-0.2, 0) is 9.84 Å². The summed E-state index contributed by atoms with van der Waals surface area (Å²) in [7, 11) is -3.27. The number of sulfone groups is 1. The number of hydrogen-bond donors (Lipinski definition) is 1. The number of rotatable bonds is 4. The van der Waals surface area contributed by atoms with Crippen molar-refractivity contribution in [1.82, 2.24) is 9.97 Å². The highest BCUT2D eigenvalue weighted by molar-refractivity contribution is 9.10. The average molecular weight is 473 g/mol. The molecular weight excluding hydrogens is 455 g/mol. The molecule has 1 aliphatic carbocycles. The van der Waals surface area contributed by atoms with Gasteiger partial charge < -0.3 is 4.98 Å². The van der Waals surface area contributed by atoms with Crippen LogP contribution in [0.3, 0.4) is 0 Å². The van der Waals surface area contributed by atoms with Gasteiger partial charge in [0.25, 0.3) is 0 Å². The smallest absolute Gasteiger partial charge is 0.175 e. The lowest BCUT2D eigenvalue weighted by Gasteiger charge is -2.10. The third kappa shape index (κ3) is 4.26. The van der Waals surface area contributed by atoms with Gasteiger partial charge in [-0.2, -0.15) is 0 Å². The van der Waals surface area contributed by atoms with E-state index in [0.29, 0.717) is 18.7 Å². The lowest BCUT2D eigenvalue weighted by atomic mass is 9.98. The van der Waals surface area contributed by atoms with Crippen molar-refractivity contribution in [2.45, 2.75) is 17.7 Å². The van der Waals surface area contributed by atoms with Crippen LogP contribution in [0, 0.1) is 0 Å². The van der Waals surface area contributed by atoms with Crippen molar-refractivity contribution < 1.29 is 12.8 Å². The minimum atomic E-state index is -3.27. The van der Waals surface area contributed by atoms with Crippen molar-refractivity contribution >= 4 is 31.3 Å². The van der Waals surface area contributed by atoms with E-state index in [4.69, 9.17) is 4.98 Å². The zero-order chi connectivity index (χ0) is 20.6. The molecule has 4 nitrogen and oxygen atoms in total. The van der Waals surface area contributed by atoms with E-state index >= 15 is 0 Å². The van der Waals surface area contributed by atoms with Gasteiger partial charge in [0.2, 0.25) is 0 Å². The number of H-pyrrole nitrogens is 1. The van der Waals surface area contributed by atoms with E-state index in [1.165, 1.54) is 12.3 Å². The number of allylic oxidation sites excluding steroid dienone is 4. The van der Waals surface area contributed by atoms with Crippen molar-refractivity contribution in [3.05, 3.63) is 76.7 Å². The molecule has 0 spiro atoms. The highest BCUT2D eigenvalue weighted by Gasteiger charge is 2.19. The molecule has 0 amide bonds. The molecule has 0 saturated carbocycles. The van der Waals surface area contributed by atoms with Crippen molar-refractivity contribution in [2.75, 3.05) is 6.26 Å². The number of aromatic nitrogens is 2. The van der Waals surface area contributed by atoms with E-state index < -0.39 is 9.84 Å². The first-order chi connectivity index (χ1) is 13.8. The van der Waals surface area contributed by atoms with Crippen LogP contribution in [0.4, 0.5) is 4.39 Å². The van der Waals surface area contributed by atoms with Gasteiger partial charge in [-0.1, -0.05) is 46.3 Å². The molecule has 7 heteroatoms. The normalized spacial score (nSPS) is 14.4. The van der Waals surface area contributed by atoms with E-state index in [9.17, 15) is 12.8 Å². The Morgan fingerprint density at radius 3 is 2.21 bits per heavy atom. The van der Waals surface area contributed by atoms with Crippen LogP contribution in [0.2, 0.25) is 0 Å². The van der Waals surface area contributed by atoms with E-state index in [2.05, 4.69) is 20.9 Å². The summed E-state index contributed by atoms with van der Waals surface area (Å²) in [6.45, 7) is 0. The van der Waals surface area contributed by atoms with Crippen LogP contribution in [0.1, 0.15) is 18.5 Å². The molecule has 1 N–H and O–H groups in total. The summed E-state index contributed by atoms with van der Waals surface area (Å²) in [6, 6.07) is 14.5. The van der Waals surface area contributed by atoms with Crippen LogP contribution in [-0.4, -0.2) is 24.6 Å². The van der Waals surface area contributed by atoms with Gasteiger partial charge in [0.1, 0.15) is 11.7 Å². The molecule has 1 aliphatic rings. The molecule has 0 aliphatic heterocycles. The lowest BCUT2D eigenvalue weighted by Crippen LogP contribution is -1.97. The summed E-state index contributed by atoms with van der Waals surface area (Å²) < 4.78 is 38.0. The first-order valence-corrected chi connectivity index (χ1v) is 11.7. The Bertz CT molecular complexity index is 1220. The summed E-state index contributed by atoms with van der Waals surface area (Å²) >= 11 is 3.43. The number of hydrogen-bond acceptors (Lipinski definition) is 3. The fourth-order valence-electron chi connectivity index (χ4n) is 3.24. The average Bonchev–Trinajstić information content (AvgIpc) is 3.14. The van der Waals surface area contributed by atoms with Crippen molar-refractivity contribution in [3.63, 3.8) is 0 Å². The molecular formula is C22H18BrFN2O2S. The predicted octanol–water partition coefficient (Wildman–Crippen LogP) is 5.94. The third-order valence-corrected chi connectivity index (χ3v) is 6.45. The summed E-state index contributed by atoms with van der Waals surface area (Å²) in [5.41, 5.74) is 4.21. The van der Waals surface area contributed by atoms with Gasteiger partial charge in [-0.25, -0.2) is 17.8 Å². The zero-order valence-corrected chi connectivity index (χ0v) is 18.0. The minimum absolute atomic E-state index is 0.142. The highest BCUT2D eigenvalue weighted by atomic mass is 79.9. The molecule has 4 rings (SSSR count).